The lowest BCUT2D eigenvalue weighted by molar-refractivity contribution is 0.331. The highest BCUT2D eigenvalue weighted by atomic mass is 32.1. The molecule has 0 bridgehead atoms. The standard InChI is InChI=1S/C27H23N7S/c1-2-9-34(8-1)16-17-11-18(14-28-13-17)19-12-21-25(32-33-26(21)29-15-19)27-30-22-6-3-5-20(24(22)31-27)23-7-4-10-35-23/h3-7,10-15H,1-2,8-9,16H2,(H,30,31)(H,29,32,33). The van der Waals surface area contributed by atoms with Crippen LogP contribution in [0, 0.1) is 0 Å². The van der Waals surface area contributed by atoms with Crippen LogP contribution in [0.4, 0.5) is 0 Å². The van der Waals surface area contributed by atoms with Crippen LogP contribution < -0.4 is 0 Å². The molecule has 1 aromatic carbocycles. The number of para-hydroxylation sites is 1. The molecule has 0 atom stereocenters. The van der Waals surface area contributed by atoms with Crippen LogP contribution in [0.5, 0.6) is 0 Å². The number of pyridine rings is 2. The van der Waals surface area contributed by atoms with Crippen LogP contribution in [0.3, 0.4) is 0 Å². The summed E-state index contributed by atoms with van der Waals surface area (Å²) in [6.07, 6.45) is 8.33. The van der Waals surface area contributed by atoms with Gasteiger partial charge < -0.3 is 4.98 Å². The zero-order chi connectivity index (χ0) is 23.2. The van der Waals surface area contributed by atoms with Crippen molar-refractivity contribution in [3.8, 4) is 33.1 Å². The number of thiophene rings is 1. The van der Waals surface area contributed by atoms with E-state index in [1.165, 1.54) is 36.4 Å². The number of hydrogen-bond donors (Lipinski definition) is 2. The first-order valence-corrected chi connectivity index (χ1v) is 12.7. The number of nitrogens with one attached hydrogen (secondary N) is 2. The summed E-state index contributed by atoms with van der Waals surface area (Å²) in [5.41, 5.74) is 7.88. The molecule has 7 rings (SSSR count). The first-order valence-electron chi connectivity index (χ1n) is 11.9. The summed E-state index contributed by atoms with van der Waals surface area (Å²) in [4.78, 5) is 21.3. The average Bonchev–Trinajstić information content (AvgIpc) is 3.70. The number of aromatic amines is 2. The molecule has 8 heteroatoms. The number of hydrogen-bond acceptors (Lipinski definition) is 6. The molecule has 0 radical (unpaired) electrons. The number of H-pyrrole nitrogens is 2. The lowest BCUT2D eigenvalue weighted by Gasteiger charge is -2.14. The monoisotopic (exact) mass is 477 g/mol. The summed E-state index contributed by atoms with van der Waals surface area (Å²) in [5, 5.41) is 10.7. The molecule has 1 saturated heterocycles. The van der Waals surface area contributed by atoms with Gasteiger partial charge in [-0.25, -0.2) is 9.97 Å². The molecule has 1 aliphatic rings. The van der Waals surface area contributed by atoms with E-state index in [0.29, 0.717) is 0 Å². The molecule has 6 aromatic rings. The van der Waals surface area contributed by atoms with E-state index in [1.807, 2.05) is 18.6 Å². The van der Waals surface area contributed by atoms with Crippen molar-refractivity contribution < 1.29 is 0 Å². The molecule has 0 spiro atoms. The predicted octanol–water partition coefficient (Wildman–Crippen LogP) is 5.89. The van der Waals surface area contributed by atoms with Crippen molar-refractivity contribution in [3.63, 3.8) is 0 Å². The van der Waals surface area contributed by atoms with Crippen molar-refractivity contribution in [1.29, 1.82) is 0 Å². The molecule has 35 heavy (non-hydrogen) atoms. The Morgan fingerprint density at radius 1 is 0.971 bits per heavy atom. The van der Waals surface area contributed by atoms with Gasteiger partial charge in [-0.3, -0.25) is 15.0 Å². The highest BCUT2D eigenvalue weighted by Gasteiger charge is 2.17. The summed E-state index contributed by atoms with van der Waals surface area (Å²) in [7, 11) is 0. The van der Waals surface area contributed by atoms with E-state index in [-0.39, 0.29) is 0 Å². The van der Waals surface area contributed by atoms with Gasteiger partial charge in [0, 0.05) is 46.7 Å². The number of fused-ring (bicyclic) bond motifs is 2. The molecule has 0 unspecified atom stereocenters. The summed E-state index contributed by atoms with van der Waals surface area (Å²) in [6, 6.07) is 14.8. The van der Waals surface area contributed by atoms with Gasteiger partial charge in [0.2, 0.25) is 0 Å². The maximum Gasteiger partial charge on any atom is 0.159 e. The Bertz CT molecular complexity index is 1640. The molecule has 5 aromatic heterocycles. The maximum absolute atomic E-state index is 4.96. The zero-order valence-corrected chi connectivity index (χ0v) is 19.8. The normalized spacial score (nSPS) is 14.4. The van der Waals surface area contributed by atoms with Gasteiger partial charge in [-0.05, 0) is 61.1 Å². The van der Waals surface area contributed by atoms with Gasteiger partial charge in [-0.2, -0.15) is 5.10 Å². The lowest BCUT2D eigenvalue weighted by atomic mass is 10.1. The second-order valence-electron chi connectivity index (χ2n) is 9.02. The average molecular weight is 478 g/mol. The SMILES string of the molecule is c1csc(-c2cccc3[nH]c(-c4n[nH]c5ncc(-c6cncc(CN7CCCC7)c6)cc45)nc23)c1. The molecule has 7 nitrogen and oxygen atoms in total. The quantitative estimate of drug-likeness (QED) is 0.323. The fraction of sp³-hybridized carbons (Fsp3) is 0.185. The second kappa shape index (κ2) is 8.41. The molecule has 6 heterocycles. The van der Waals surface area contributed by atoms with Crippen LogP contribution in [-0.2, 0) is 6.54 Å². The van der Waals surface area contributed by atoms with Crippen LogP contribution in [-0.4, -0.2) is 48.1 Å². The minimum Gasteiger partial charge on any atom is -0.337 e. The van der Waals surface area contributed by atoms with E-state index in [1.54, 1.807) is 11.3 Å². The third-order valence-corrected chi connectivity index (χ3v) is 7.58. The van der Waals surface area contributed by atoms with Crippen molar-refractivity contribution in [2.75, 3.05) is 13.1 Å². The minimum atomic E-state index is 0.732. The van der Waals surface area contributed by atoms with Crippen LogP contribution in [0.15, 0.2) is 66.4 Å². The van der Waals surface area contributed by atoms with Gasteiger partial charge in [-0.15, -0.1) is 11.3 Å². The van der Waals surface area contributed by atoms with E-state index in [9.17, 15) is 0 Å². The largest absolute Gasteiger partial charge is 0.337 e. The van der Waals surface area contributed by atoms with Crippen LogP contribution in [0.1, 0.15) is 18.4 Å². The Morgan fingerprint density at radius 3 is 2.77 bits per heavy atom. The summed E-state index contributed by atoms with van der Waals surface area (Å²) in [6.45, 7) is 3.28. The number of rotatable bonds is 5. The molecule has 0 saturated carbocycles. The van der Waals surface area contributed by atoms with Gasteiger partial charge >= 0.3 is 0 Å². The van der Waals surface area contributed by atoms with Gasteiger partial charge in [0.15, 0.2) is 11.5 Å². The van der Waals surface area contributed by atoms with Crippen LogP contribution >= 0.6 is 11.3 Å². The Labute approximate surface area is 205 Å². The Hall–Kier alpha value is -3.88. The van der Waals surface area contributed by atoms with Gasteiger partial charge in [-0.1, -0.05) is 18.2 Å². The molecule has 0 aliphatic carbocycles. The first-order chi connectivity index (χ1) is 17.3. The summed E-state index contributed by atoms with van der Waals surface area (Å²) in [5.74, 6) is 0.732. The highest BCUT2D eigenvalue weighted by Crippen LogP contribution is 2.34. The Balaban J connectivity index is 1.28. The van der Waals surface area contributed by atoms with E-state index in [0.717, 1.165) is 56.8 Å². The fourth-order valence-electron chi connectivity index (χ4n) is 4.95. The number of aromatic nitrogens is 6. The second-order valence-corrected chi connectivity index (χ2v) is 9.97. The molecule has 0 amide bonds. The minimum absolute atomic E-state index is 0.732. The number of nitrogens with zero attached hydrogens (tertiary/aromatic N) is 5. The molecule has 1 fully saturated rings. The number of benzene rings is 1. The Morgan fingerprint density at radius 2 is 1.89 bits per heavy atom. The number of imidazole rings is 1. The highest BCUT2D eigenvalue weighted by molar-refractivity contribution is 7.13. The predicted molar refractivity (Wildman–Crippen MR) is 140 cm³/mol. The van der Waals surface area contributed by atoms with Crippen molar-refractivity contribution in [2.24, 2.45) is 0 Å². The smallest absolute Gasteiger partial charge is 0.159 e. The van der Waals surface area contributed by atoms with E-state index in [2.05, 4.69) is 77.9 Å². The van der Waals surface area contributed by atoms with E-state index >= 15 is 0 Å². The zero-order valence-electron chi connectivity index (χ0n) is 19.0. The molecule has 2 N–H and O–H groups in total. The van der Waals surface area contributed by atoms with Crippen molar-refractivity contribution in [2.45, 2.75) is 19.4 Å². The van der Waals surface area contributed by atoms with E-state index in [4.69, 9.17) is 4.98 Å². The maximum atomic E-state index is 4.96. The molecular weight excluding hydrogens is 454 g/mol. The van der Waals surface area contributed by atoms with Gasteiger partial charge in [0.1, 0.15) is 5.69 Å². The third-order valence-electron chi connectivity index (χ3n) is 6.67. The van der Waals surface area contributed by atoms with Crippen LogP contribution in [0.2, 0.25) is 0 Å². The molecule has 1 aliphatic heterocycles. The Kier molecular flexibility index (Phi) is 4.92. The van der Waals surface area contributed by atoms with E-state index < -0.39 is 0 Å². The topological polar surface area (TPSA) is 86.4 Å². The lowest BCUT2D eigenvalue weighted by Crippen LogP contribution is -2.18. The third kappa shape index (κ3) is 3.71. The van der Waals surface area contributed by atoms with Crippen molar-refractivity contribution in [1.82, 2.24) is 35.0 Å². The fourth-order valence-corrected chi connectivity index (χ4v) is 5.70. The first kappa shape index (κ1) is 20.5. The van der Waals surface area contributed by atoms with Gasteiger partial charge in [0.05, 0.1) is 16.4 Å². The molecular formula is C27H23N7S. The van der Waals surface area contributed by atoms with Gasteiger partial charge in [0.25, 0.3) is 0 Å². The van der Waals surface area contributed by atoms with Crippen LogP contribution in [0.25, 0.3) is 55.2 Å². The summed E-state index contributed by atoms with van der Waals surface area (Å²) < 4.78 is 0. The summed E-state index contributed by atoms with van der Waals surface area (Å²) >= 11 is 1.72. The van der Waals surface area contributed by atoms with Crippen molar-refractivity contribution >= 4 is 33.4 Å². The molecule has 172 valence electrons. The number of likely N-dealkylation sites (tertiary alicyclic amines) is 1. The van der Waals surface area contributed by atoms with Crippen molar-refractivity contribution in [3.05, 3.63) is 72.0 Å².